The largest absolute Gasteiger partial charge is 0.490 e. The van der Waals surface area contributed by atoms with Crippen LogP contribution in [0.3, 0.4) is 0 Å². The predicted octanol–water partition coefficient (Wildman–Crippen LogP) is 5.31. The second-order valence-electron chi connectivity index (χ2n) is 6.13. The molecule has 0 aliphatic carbocycles. The van der Waals surface area contributed by atoms with Gasteiger partial charge in [-0.1, -0.05) is 54.3 Å². The van der Waals surface area contributed by atoms with E-state index in [0.29, 0.717) is 39.5 Å². The van der Waals surface area contributed by atoms with Gasteiger partial charge in [0, 0.05) is 11.6 Å². The van der Waals surface area contributed by atoms with Crippen molar-refractivity contribution in [2.24, 2.45) is 0 Å². The third-order valence-corrected chi connectivity index (χ3v) is 4.93. The van der Waals surface area contributed by atoms with Crippen LogP contribution < -0.4 is 14.4 Å². The van der Waals surface area contributed by atoms with Crippen molar-refractivity contribution in [1.29, 1.82) is 0 Å². The molecule has 4 aromatic rings. The van der Waals surface area contributed by atoms with Crippen LogP contribution in [0.2, 0.25) is 0 Å². The van der Waals surface area contributed by atoms with E-state index in [1.807, 2.05) is 30.3 Å². The summed E-state index contributed by atoms with van der Waals surface area (Å²) in [4.78, 5) is 23.9. The number of esters is 1. The van der Waals surface area contributed by atoms with Crippen molar-refractivity contribution >= 4 is 27.6 Å². The fourth-order valence-electron chi connectivity index (χ4n) is 2.85. The maximum absolute atomic E-state index is 12.6. The number of hydrogen-bond donors (Lipinski definition) is 0. The highest BCUT2D eigenvalue weighted by molar-refractivity contribution is 7.16. The van der Waals surface area contributed by atoms with Crippen LogP contribution in [-0.2, 0) is 0 Å². The summed E-state index contributed by atoms with van der Waals surface area (Å²) >= 11 is 0.969. The molecule has 0 saturated carbocycles. The monoisotopic (exact) mass is 404 g/mol. The summed E-state index contributed by atoms with van der Waals surface area (Å²) in [5.74, 6) is 0.470. The fourth-order valence-corrected chi connectivity index (χ4v) is 3.58. The fraction of sp³-hybridized carbons (Fsp3) is 0.0435. The first-order valence-electron chi connectivity index (χ1n) is 8.83. The first-order valence-corrected chi connectivity index (χ1v) is 9.65. The average molecular weight is 404 g/mol. The molecule has 1 aromatic heterocycles. The standard InChI is InChI=1S/C23H16O5S/c1-2-12-26-17-10-8-16(9-11-17)22(24)27-18-13-19(15-6-4-3-5-7-15)21-20(14-18)29-23(25)28-21/h2-11,13-14H,1,12H2. The van der Waals surface area contributed by atoms with Crippen LogP contribution >= 0.6 is 11.3 Å². The van der Waals surface area contributed by atoms with Crippen LogP contribution in [0, 0.1) is 0 Å². The van der Waals surface area contributed by atoms with E-state index in [-0.39, 0.29) is 0 Å². The molecule has 0 aliphatic heterocycles. The zero-order valence-electron chi connectivity index (χ0n) is 15.3. The Balaban J connectivity index is 1.65. The minimum atomic E-state index is -0.505. The molecule has 0 amide bonds. The molecule has 0 fully saturated rings. The lowest BCUT2D eigenvalue weighted by Crippen LogP contribution is -2.08. The van der Waals surface area contributed by atoms with Crippen LogP contribution in [-0.4, -0.2) is 12.6 Å². The number of benzene rings is 3. The average Bonchev–Trinajstić information content (AvgIpc) is 3.12. The van der Waals surface area contributed by atoms with Crippen molar-refractivity contribution in [1.82, 2.24) is 0 Å². The minimum absolute atomic E-state index is 0.338. The first kappa shape index (κ1) is 18.7. The van der Waals surface area contributed by atoms with Crippen molar-refractivity contribution < 1.29 is 18.7 Å². The maximum Gasteiger partial charge on any atom is 0.396 e. The lowest BCUT2D eigenvalue weighted by molar-refractivity contribution is 0.0735. The van der Waals surface area contributed by atoms with Gasteiger partial charge in [0.1, 0.15) is 18.1 Å². The second-order valence-corrected chi connectivity index (χ2v) is 7.11. The molecule has 1 heterocycles. The van der Waals surface area contributed by atoms with E-state index in [1.165, 1.54) is 0 Å². The number of hydrogen-bond acceptors (Lipinski definition) is 6. The van der Waals surface area contributed by atoms with Crippen molar-refractivity contribution in [2.45, 2.75) is 0 Å². The third kappa shape index (κ3) is 4.12. The normalized spacial score (nSPS) is 10.6. The zero-order chi connectivity index (χ0) is 20.2. The highest BCUT2D eigenvalue weighted by atomic mass is 32.1. The van der Waals surface area contributed by atoms with Gasteiger partial charge in [-0.05, 0) is 35.9 Å². The van der Waals surface area contributed by atoms with Gasteiger partial charge in [-0.15, -0.1) is 0 Å². The lowest BCUT2D eigenvalue weighted by Gasteiger charge is -2.08. The van der Waals surface area contributed by atoms with E-state index in [2.05, 4.69) is 6.58 Å². The van der Waals surface area contributed by atoms with Crippen LogP contribution in [0.1, 0.15) is 10.4 Å². The Morgan fingerprint density at radius 1 is 1.03 bits per heavy atom. The van der Waals surface area contributed by atoms with Crippen LogP contribution in [0.4, 0.5) is 0 Å². The summed E-state index contributed by atoms with van der Waals surface area (Å²) in [6.07, 6.45) is 1.65. The predicted molar refractivity (Wildman–Crippen MR) is 113 cm³/mol. The number of carbonyl (C=O) groups is 1. The van der Waals surface area contributed by atoms with Gasteiger partial charge < -0.3 is 13.9 Å². The summed E-state index contributed by atoms with van der Waals surface area (Å²) in [6, 6.07) is 19.5. The molecule has 0 radical (unpaired) electrons. The van der Waals surface area contributed by atoms with Crippen LogP contribution in [0.25, 0.3) is 21.4 Å². The van der Waals surface area contributed by atoms with Crippen LogP contribution in [0.5, 0.6) is 11.5 Å². The van der Waals surface area contributed by atoms with Crippen molar-refractivity contribution in [2.75, 3.05) is 6.61 Å². The molecule has 29 heavy (non-hydrogen) atoms. The Kier molecular flexibility index (Phi) is 5.27. The molecule has 0 saturated heterocycles. The van der Waals surface area contributed by atoms with Crippen molar-refractivity contribution in [3.63, 3.8) is 0 Å². The van der Waals surface area contributed by atoms with E-state index in [4.69, 9.17) is 13.9 Å². The topological polar surface area (TPSA) is 65.7 Å². The van der Waals surface area contributed by atoms with E-state index < -0.39 is 10.9 Å². The lowest BCUT2D eigenvalue weighted by atomic mass is 10.0. The molecule has 0 atom stereocenters. The van der Waals surface area contributed by atoms with E-state index in [1.54, 1.807) is 42.5 Å². The molecule has 5 nitrogen and oxygen atoms in total. The number of ether oxygens (including phenoxy) is 2. The van der Waals surface area contributed by atoms with Gasteiger partial charge in [-0.25, -0.2) is 9.59 Å². The van der Waals surface area contributed by atoms with E-state index >= 15 is 0 Å². The first-order chi connectivity index (χ1) is 14.1. The van der Waals surface area contributed by atoms with E-state index in [0.717, 1.165) is 16.9 Å². The number of rotatable bonds is 6. The van der Waals surface area contributed by atoms with Crippen molar-refractivity contribution in [3.8, 4) is 22.6 Å². The Hall–Kier alpha value is -3.64. The molecule has 144 valence electrons. The Labute approximate surface area is 170 Å². The second kappa shape index (κ2) is 8.16. The number of carbonyl (C=O) groups excluding carboxylic acids is 1. The molecule has 0 aliphatic rings. The Morgan fingerprint density at radius 2 is 1.79 bits per heavy atom. The van der Waals surface area contributed by atoms with Crippen molar-refractivity contribution in [3.05, 3.63) is 94.7 Å². The molecule has 4 rings (SSSR count). The van der Waals surface area contributed by atoms with Gasteiger partial charge >= 0.3 is 10.9 Å². The van der Waals surface area contributed by atoms with Gasteiger partial charge in [-0.3, -0.25) is 0 Å². The van der Waals surface area contributed by atoms with Gasteiger partial charge in [0.15, 0.2) is 5.58 Å². The third-order valence-electron chi connectivity index (χ3n) is 4.16. The minimum Gasteiger partial charge on any atom is -0.490 e. The molecular weight excluding hydrogens is 388 g/mol. The summed E-state index contributed by atoms with van der Waals surface area (Å²) in [5.41, 5.74) is 2.42. The van der Waals surface area contributed by atoms with Gasteiger partial charge in [0.05, 0.1) is 10.3 Å². The highest BCUT2D eigenvalue weighted by Gasteiger charge is 2.15. The molecule has 0 bridgehead atoms. The smallest absolute Gasteiger partial charge is 0.396 e. The van der Waals surface area contributed by atoms with E-state index in [9.17, 15) is 9.59 Å². The summed E-state index contributed by atoms with van der Waals surface area (Å²) < 4.78 is 16.9. The SMILES string of the molecule is C=CCOc1ccc(C(=O)Oc2cc(-c3ccccc3)c3oc(=O)sc3c2)cc1. The molecule has 0 spiro atoms. The highest BCUT2D eigenvalue weighted by Crippen LogP contribution is 2.34. The summed E-state index contributed by atoms with van der Waals surface area (Å²) in [6.45, 7) is 3.98. The van der Waals surface area contributed by atoms with Gasteiger partial charge in [-0.2, -0.15) is 0 Å². The van der Waals surface area contributed by atoms with Crippen LogP contribution in [0.15, 0.2) is 88.6 Å². The summed E-state index contributed by atoms with van der Waals surface area (Å²) in [7, 11) is 0. The van der Waals surface area contributed by atoms with Gasteiger partial charge in [0.25, 0.3) is 0 Å². The Morgan fingerprint density at radius 3 is 2.52 bits per heavy atom. The molecule has 0 N–H and O–H groups in total. The molecule has 0 unspecified atom stereocenters. The quantitative estimate of drug-likeness (QED) is 0.248. The molecule has 6 heteroatoms. The van der Waals surface area contributed by atoms with Gasteiger partial charge in [0.2, 0.25) is 0 Å². The summed E-state index contributed by atoms with van der Waals surface area (Å²) in [5, 5.41) is 0. The molecular formula is C23H16O5S. The molecule has 3 aromatic carbocycles. The number of fused-ring (bicyclic) bond motifs is 1. The Bertz CT molecular complexity index is 1220. The maximum atomic E-state index is 12.6. The zero-order valence-corrected chi connectivity index (χ0v) is 16.1.